The van der Waals surface area contributed by atoms with E-state index in [1.54, 1.807) is 18.3 Å². The summed E-state index contributed by atoms with van der Waals surface area (Å²) in [5.74, 6) is -0.162. The molecule has 0 bridgehead atoms. The molecule has 0 aliphatic rings. The Morgan fingerprint density at radius 1 is 1.28 bits per heavy atom. The van der Waals surface area contributed by atoms with Gasteiger partial charge in [-0.3, -0.25) is 14.3 Å². The van der Waals surface area contributed by atoms with Crippen LogP contribution in [0, 0.1) is 0 Å². The van der Waals surface area contributed by atoms with Crippen LogP contribution in [0.2, 0.25) is 0 Å². The second-order valence-electron chi connectivity index (χ2n) is 5.36. The smallest absolute Gasteiger partial charge is 0.347 e. The number of phosphoric acid groups is 1. The highest BCUT2D eigenvalue weighted by Crippen LogP contribution is 2.37. The number of rotatable bonds is 11. The van der Waals surface area contributed by atoms with Gasteiger partial charge < -0.3 is 15.1 Å². The number of aromatic nitrogens is 1. The van der Waals surface area contributed by atoms with E-state index in [2.05, 4.69) is 21.7 Å². The van der Waals surface area contributed by atoms with Crippen LogP contribution in [0.25, 0.3) is 0 Å². The van der Waals surface area contributed by atoms with E-state index in [0.717, 1.165) is 32.1 Å². The first-order valence-electron chi connectivity index (χ1n) is 8.81. The van der Waals surface area contributed by atoms with Crippen LogP contribution in [-0.4, -0.2) is 27.3 Å². The maximum Gasteiger partial charge on any atom is 0.469 e. The van der Waals surface area contributed by atoms with Crippen molar-refractivity contribution in [2.45, 2.75) is 65.3 Å². The Hall–Kier alpha value is -1.27. The number of carbonyl (C=O) groups is 1. The third-order valence-electron chi connectivity index (χ3n) is 3.34. The van der Waals surface area contributed by atoms with Crippen molar-refractivity contribution in [2.24, 2.45) is 0 Å². The van der Waals surface area contributed by atoms with Gasteiger partial charge in [0.15, 0.2) is 0 Å². The Bertz CT molecular complexity index is 507. The van der Waals surface area contributed by atoms with Gasteiger partial charge in [0, 0.05) is 18.8 Å². The van der Waals surface area contributed by atoms with Crippen LogP contribution >= 0.6 is 7.82 Å². The number of amides is 1. The molecule has 0 aliphatic heterocycles. The van der Waals surface area contributed by atoms with Crippen molar-refractivity contribution < 1.29 is 23.7 Å². The molecule has 1 rings (SSSR count). The lowest BCUT2D eigenvalue weighted by Gasteiger charge is -2.19. The Morgan fingerprint density at radius 2 is 1.96 bits per heavy atom. The summed E-state index contributed by atoms with van der Waals surface area (Å²) in [6.07, 6.45) is 8.72. The zero-order valence-electron chi connectivity index (χ0n) is 15.4. The van der Waals surface area contributed by atoms with Crippen LogP contribution < -0.4 is 5.32 Å². The summed E-state index contributed by atoms with van der Waals surface area (Å²) in [5, 5.41) is 2.75. The average Bonchev–Trinajstić information content (AvgIpc) is 2.60. The number of hydrogen-bond acceptors (Lipinski definition) is 4. The van der Waals surface area contributed by atoms with E-state index >= 15 is 0 Å². The van der Waals surface area contributed by atoms with Gasteiger partial charge in [-0.15, -0.1) is 0 Å². The van der Waals surface area contributed by atoms with E-state index in [-0.39, 0.29) is 12.5 Å². The molecule has 0 fully saturated rings. The molecule has 1 unspecified atom stereocenters. The zero-order valence-corrected chi connectivity index (χ0v) is 16.2. The number of phosphoric ester groups is 1. The highest BCUT2D eigenvalue weighted by molar-refractivity contribution is 7.46. The minimum absolute atomic E-state index is 0.162. The van der Waals surface area contributed by atoms with Crippen molar-refractivity contribution in [1.29, 1.82) is 0 Å². The van der Waals surface area contributed by atoms with Crippen molar-refractivity contribution in [3.63, 3.8) is 0 Å². The van der Waals surface area contributed by atoms with Crippen LogP contribution in [0.5, 0.6) is 0 Å². The molecule has 25 heavy (non-hydrogen) atoms. The van der Waals surface area contributed by atoms with Gasteiger partial charge in [0.05, 0.1) is 12.6 Å². The fraction of sp³-hybridized carbons (Fsp3) is 0.647. The van der Waals surface area contributed by atoms with Crippen LogP contribution in [0.15, 0.2) is 24.5 Å². The van der Waals surface area contributed by atoms with Gasteiger partial charge in [-0.1, -0.05) is 52.5 Å². The largest absolute Gasteiger partial charge is 0.469 e. The highest BCUT2D eigenvalue weighted by Gasteiger charge is 2.21. The third-order valence-corrected chi connectivity index (χ3v) is 3.82. The van der Waals surface area contributed by atoms with Gasteiger partial charge in [0.2, 0.25) is 5.91 Å². The molecule has 7 nitrogen and oxygen atoms in total. The van der Waals surface area contributed by atoms with Crippen molar-refractivity contribution in [2.75, 3.05) is 6.61 Å². The van der Waals surface area contributed by atoms with E-state index < -0.39 is 13.9 Å². The first kappa shape index (κ1) is 23.7. The van der Waals surface area contributed by atoms with Gasteiger partial charge in [-0.25, -0.2) is 4.57 Å². The molecule has 0 aliphatic carbocycles. The van der Waals surface area contributed by atoms with E-state index in [1.807, 2.05) is 13.8 Å². The summed E-state index contributed by atoms with van der Waals surface area (Å²) >= 11 is 0. The SMILES string of the molecule is CC.CCCCCCCC(=O)NC(COP(=O)(O)O)c1cccnc1. The molecule has 0 saturated heterocycles. The summed E-state index contributed by atoms with van der Waals surface area (Å²) in [5.41, 5.74) is 0.639. The van der Waals surface area contributed by atoms with Crippen molar-refractivity contribution >= 4 is 13.7 Å². The molecule has 0 radical (unpaired) electrons. The summed E-state index contributed by atoms with van der Waals surface area (Å²) in [6.45, 7) is 5.82. The zero-order chi connectivity index (χ0) is 19.1. The van der Waals surface area contributed by atoms with E-state index in [9.17, 15) is 9.36 Å². The first-order valence-corrected chi connectivity index (χ1v) is 10.3. The summed E-state index contributed by atoms with van der Waals surface area (Å²) in [4.78, 5) is 33.6. The van der Waals surface area contributed by atoms with E-state index in [4.69, 9.17) is 9.79 Å². The molecule has 1 aromatic heterocycles. The first-order chi connectivity index (χ1) is 11.9. The van der Waals surface area contributed by atoms with Gasteiger partial charge in [0.1, 0.15) is 0 Å². The Labute approximate surface area is 150 Å². The molecule has 144 valence electrons. The molecular weight excluding hydrogens is 343 g/mol. The van der Waals surface area contributed by atoms with E-state index in [1.165, 1.54) is 6.20 Å². The molecule has 3 N–H and O–H groups in total. The molecular formula is C17H31N2O5P. The fourth-order valence-corrected chi connectivity index (χ4v) is 2.47. The number of unbranched alkanes of at least 4 members (excludes halogenated alkanes) is 4. The predicted molar refractivity (Wildman–Crippen MR) is 97.8 cm³/mol. The predicted octanol–water partition coefficient (Wildman–Crippen LogP) is 3.73. The Morgan fingerprint density at radius 3 is 2.52 bits per heavy atom. The molecule has 0 saturated carbocycles. The quantitative estimate of drug-likeness (QED) is 0.402. The number of nitrogens with one attached hydrogen (secondary N) is 1. The standard InChI is InChI=1S/C15H25N2O5P.C2H6/c1-2-3-4-5-6-9-15(18)17-14(12-22-23(19,20)21)13-8-7-10-16-11-13;1-2/h7-8,10-11,14H,2-6,9,12H2,1H3,(H,17,18)(H2,19,20,21);1-2H3. The topological polar surface area (TPSA) is 109 Å². The van der Waals surface area contributed by atoms with Crippen molar-refractivity contribution in [3.05, 3.63) is 30.1 Å². The average molecular weight is 374 g/mol. The van der Waals surface area contributed by atoms with Crippen LogP contribution in [0.3, 0.4) is 0 Å². The second-order valence-corrected chi connectivity index (χ2v) is 6.60. The van der Waals surface area contributed by atoms with Gasteiger partial charge >= 0.3 is 7.82 Å². The van der Waals surface area contributed by atoms with Crippen LogP contribution in [0.4, 0.5) is 0 Å². The van der Waals surface area contributed by atoms with Gasteiger partial charge in [-0.2, -0.15) is 0 Å². The lowest BCUT2D eigenvalue weighted by molar-refractivity contribution is -0.122. The highest BCUT2D eigenvalue weighted by atomic mass is 31.2. The normalized spacial score (nSPS) is 12.0. The van der Waals surface area contributed by atoms with Crippen molar-refractivity contribution in [1.82, 2.24) is 10.3 Å². The Kier molecular flexibility index (Phi) is 13.2. The Balaban J connectivity index is 0.00000277. The summed E-state index contributed by atoms with van der Waals surface area (Å²) < 4.78 is 15.4. The van der Waals surface area contributed by atoms with Gasteiger partial charge in [0.25, 0.3) is 0 Å². The molecule has 0 aromatic carbocycles. The van der Waals surface area contributed by atoms with Crippen LogP contribution in [-0.2, 0) is 13.9 Å². The summed E-state index contributed by atoms with van der Waals surface area (Å²) in [6, 6.07) is 2.78. The third kappa shape index (κ3) is 12.7. The maximum absolute atomic E-state index is 12.0. The second kappa shape index (κ2) is 14.0. The fourth-order valence-electron chi connectivity index (χ4n) is 2.13. The molecule has 8 heteroatoms. The number of nitrogens with zero attached hydrogens (tertiary/aromatic N) is 1. The number of hydrogen-bond donors (Lipinski definition) is 3. The minimum Gasteiger partial charge on any atom is -0.347 e. The number of pyridine rings is 1. The lowest BCUT2D eigenvalue weighted by Crippen LogP contribution is -2.31. The minimum atomic E-state index is -4.59. The maximum atomic E-state index is 12.0. The number of carbonyl (C=O) groups excluding carboxylic acids is 1. The van der Waals surface area contributed by atoms with Crippen LogP contribution in [0.1, 0.15) is 70.9 Å². The monoisotopic (exact) mass is 374 g/mol. The molecule has 1 atom stereocenters. The molecule has 1 aromatic rings. The molecule has 1 amide bonds. The lowest BCUT2D eigenvalue weighted by atomic mass is 10.1. The van der Waals surface area contributed by atoms with Crippen molar-refractivity contribution in [3.8, 4) is 0 Å². The van der Waals surface area contributed by atoms with E-state index in [0.29, 0.717) is 12.0 Å². The molecule has 0 spiro atoms. The summed E-state index contributed by atoms with van der Waals surface area (Å²) in [7, 11) is -4.59. The molecule has 1 heterocycles. The van der Waals surface area contributed by atoms with Gasteiger partial charge in [-0.05, 0) is 18.1 Å².